The normalized spacial score (nSPS) is 11.6. The van der Waals surface area contributed by atoms with Gasteiger partial charge in [0, 0.05) is 11.0 Å². The standard InChI is InChI=1S/C14H14ClFN2O/c1-14(2,3)11-7-12(15)18-13(17-11)8-4-5-10(19)9(16)6-8/h4-7,19H,1-3H3. The topological polar surface area (TPSA) is 46.0 Å². The molecule has 100 valence electrons. The molecule has 0 radical (unpaired) electrons. The van der Waals surface area contributed by atoms with Crippen molar-refractivity contribution in [3.63, 3.8) is 0 Å². The molecule has 5 heteroatoms. The fourth-order valence-corrected chi connectivity index (χ4v) is 1.76. The maximum absolute atomic E-state index is 13.4. The quantitative estimate of drug-likeness (QED) is 0.805. The third-order valence-electron chi connectivity index (χ3n) is 2.67. The average Bonchev–Trinajstić information content (AvgIpc) is 2.31. The van der Waals surface area contributed by atoms with Crippen LogP contribution in [0.5, 0.6) is 5.75 Å². The number of aromatic hydroxyl groups is 1. The second-order valence-electron chi connectivity index (χ2n) is 5.32. The van der Waals surface area contributed by atoms with E-state index in [1.54, 1.807) is 12.1 Å². The molecule has 1 aromatic heterocycles. The van der Waals surface area contributed by atoms with Crippen molar-refractivity contribution in [3.05, 3.63) is 40.9 Å². The summed E-state index contributed by atoms with van der Waals surface area (Å²) in [6, 6.07) is 5.71. The van der Waals surface area contributed by atoms with Crippen molar-refractivity contribution in [1.29, 1.82) is 0 Å². The van der Waals surface area contributed by atoms with Gasteiger partial charge in [-0.1, -0.05) is 32.4 Å². The van der Waals surface area contributed by atoms with Crippen molar-refractivity contribution in [2.24, 2.45) is 0 Å². The van der Waals surface area contributed by atoms with Crippen LogP contribution in [0.1, 0.15) is 26.5 Å². The van der Waals surface area contributed by atoms with Crippen LogP contribution in [-0.4, -0.2) is 15.1 Å². The maximum atomic E-state index is 13.4. The van der Waals surface area contributed by atoms with Gasteiger partial charge in [0.25, 0.3) is 0 Å². The summed E-state index contributed by atoms with van der Waals surface area (Å²) in [7, 11) is 0. The van der Waals surface area contributed by atoms with Crippen LogP contribution < -0.4 is 0 Å². The van der Waals surface area contributed by atoms with Crippen LogP contribution in [0.4, 0.5) is 4.39 Å². The highest BCUT2D eigenvalue weighted by Crippen LogP contribution is 2.27. The third kappa shape index (κ3) is 3.01. The first-order valence-corrected chi connectivity index (χ1v) is 6.19. The summed E-state index contributed by atoms with van der Waals surface area (Å²) < 4.78 is 13.4. The molecule has 1 N–H and O–H groups in total. The molecule has 2 rings (SSSR count). The number of nitrogens with zero attached hydrogens (tertiary/aromatic N) is 2. The average molecular weight is 281 g/mol. The van der Waals surface area contributed by atoms with Gasteiger partial charge in [0.2, 0.25) is 0 Å². The lowest BCUT2D eigenvalue weighted by Crippen LogP contribution is -2.14. The van der Waals surface area contributed by atoms with Crippen molar-refractivity contribution in [3.8, 4) is 17.1 Å². The first-order chi connectivity index (χ1) is 8.77. The van der Waals surface area contributed by atoms with Crippen molar-refractivity contribution in [1.82, 2.24) is 9.97 Å². The summed E-state index contributed by atoms with van der Waals surface area (Å²) in [5.74, 6) is -0.767. The van der Waals surface area contributed by atoms with E-state index in [1.165, 1.54) is 12.1 Å². The number of phenolic OH excluding ortho intramolecular Hbond substituents is 1. The van der Waals surface area contributed by atoms with E-state index >= 15 is 0 Å². The summed E-state index contributed by atoms with van der Waals surface area (Å²) in [5.41, 5.74) is 1.07. The van der Waals surface area contributed by atoms with Crippen molar-refractivity contribution in [2.75, 3.05) is 0 Å². The zero-order chi connectivity index (χ0) is 14.2. The molecule has 0 aliphatic carbocycles. The van der Waals surface area contributed by atoms with Gasteiger partial charge in [-0.25, -0.2) is 14.4 Å². The molecule has 0 fully saturated rings. The largest absolute Gasteiger partial charge is 0.505 e. The Morgan fingerprint density at radius 2 is 1.84 bits per heavy atom. The first kappa shape index (κ1) is 13.7. The second kappa shape index (κ2) is 4.78. The van der Waals surface area contributed by atoms with Gasteiger partial charge >= 0.3 is 0 Å². The van der Waals surface area contributed by atoms with Crippen molar-refractivity contribution in [2.45, 2.75) is 26.2 Å². The van der Waals surface area contributed by atoms with E-state index in [0.717, 1.165) is 5.69 Å². The van der Waals surface area contributed by atoms with E-state index in [-0.39, 0.29) is 5.41 Å². The number of benzene rings is 1. The van der Waals surface area contributed by atoms with Gasteiger partial charge in [0.1, 0.15) is 5.15 Å². The molecule has 19 heavy (non-hydrogen) atoms. The lowest BCUT2D eigenvalue weighted by Gasteiger charge is -2.18. The molecule has 0 saturated carbocycles. The number of rotatable bonds is 1. The Morgan fingerprint density at radius 1 is 1.16 bits per heavy atom. The van der Waals surface area contributed by atoms with E-state index in [9.17, 15) is 9.50 Å². The predicted octanol–water partition coefficient (Wildman–Crippen LogP) is 3.94. The monoisotopic (exact) mass is 280 g/mol. The van der Waals surface area contributed by atoms with E-state index in [2.05, 4.69) is 9.97 Å². The minimum absolute atomic E-state index is 0.184. The zero-order valence-corrected chi connectivity index (χ0v) is 11.7. The Labute approximate surface area is 116 Å². The summed E-state index contributed by atoms with van der Waals surface area (Å²) >= 11 is 5.98. The SMILES string of the molecule is CC(C)(C)c1cc(Cl)nc(-c2ccc(O)c(F)c2)n1. The molecular formula is C14H14ClFN2O. The highest BCUT2D eigenvalue weighted by molar-refractivity contribution is 6.29. The summed E-state index contributed by atoms with van der Waals surface area (Å²) in [6.45, 7) is 6.02. The molecule has 0 saturated heterocycles. The smallest absolute Gasteiger partial charge is 0.165 e. The van der Waals surface area contributed by atoms with Crippen LogP contribution in [-0.2, 0) is 5.41 Å². The Kier molecular flexibility index (Phi) is 3.45. The van der Waals surface area contributed by atoms with Gasteiger partial charge in [-0.3, -0.25) is 0 Å². The molecule has 0 aliphatic rings. The minimum atomic E-state index is -0.710. The Hall–Kier alpha value is -1.68. The molecule has 0 unspecified atom stereocenters. The summed E-state index contributed by atoms with van der Waals surface area (Å²) in [5, 5.41) is 9.50. The zero-order valence-electron chi connectivity index (χ0n) is 10.9. The van der Waals surface area contributed by atoms with Crippen molar-refractivity contribution >= 4 is 11.6 Å². The fourth-order valence-electron chi connectivity index (χ4n) is 1.58. The first-order valence-electron chi connectivity index (χ1n) is 5.81. The number of halogens is 2. The molecule has 0 atom stereocenters. The van der Waals surface area contributed by atoms with Gasteiger partial charge < -0.3 is 5.11 Å². The van der Waals surface area contributed by atoms with Crippen LogP contribution in [0, 0.1) is 5.82 Å². The maximum Gasteiger partial charge on any atom is 0.165 e. The van der Waals surface area contributed by atoms with Crippen LogP contribution in [0.2, 0.25) is 5.15 Å². The molecule has 1 aromatic carbocycles. The molecule has 2 aromatic rings. The van der Waals surface area contributed by atoms with Crippen LogP contribution >= 0.6 is 11.6 Å². The number of phenols is 1. The van der Waals surface area contributed by atoms with Gasteiger partial charge in [-0.15, -0.1) is 0 Å². The molecule has 0 amide bonds. The van der Waals surface area contributed by atoms with Crippen LogP contribution in [0.25, 0.3) is 11.4 Å². The number of aromatic nitrogens is 2. The van der Waals surface area contributed by atoms with E-state index in [1.807, 2.05) is 20.8 Å². The molecule has 1 heterocycles. The van der Waals surface area contributed by atoms with Gasteiger partial charge in [-0.05, 0) is 24.3 Å². The summed E-state index contributed by atoms with van der Waals surface area (Å²) in [6.07, 6.45) is 0. The van der Waals surface area contributed by atoms with Gasteiger partial charge in [-0.2, -0.15) is 0 Å². The van der Waals surface area contributed by atoms with Crippen LogP contribution in [0.3, 0.4) is 0 Å². The lowest BCUT2D eigenvalue weighted by molar-refractivity contribution is 0.432. The fraction of sp³-hybridized carbons (Fsp3) is 0.286. The minimum Gasteiger partial charge on any atom is -0.505 e. The molecular weight excluding hydrogens is 267 g/mol. The Morgan fingerprint density at radius 3 is 2.42 bits per heavy atom. The lowest BCUT2D eigenvalue weighted by atomic mass is 9.92. The van der Waals surface area contributed by atoms with E-state index in [0.29, 0.717) is 16.5 Å². The highest BCUT2D eigenvalue weighted by Gasteiger charge is 2.18. The number of hydrogen-bond acceptors (Lipinski definition) is 3. The van der Waals surface area contributed by atoms with Gasteiger partial charge in [0.05, 0.1) is 5.69 Å². The van der Waals surface area contributed by atoms with E-state index in [4.69, 9.17) is 11.6 Å². The molecule has 3 nitrogen and oxygen atoms in total. The second-order valence-corrected chi connectivity index (χ2v) is 5.70. The third-order valence-corrected chi connectivity index (χ3v) is 2.86. The van der Waals surface area contributed by atoms with E-state index < -0.39 is 11.6 Å². The molecule has 0 spiro atoms. The highest BCUT2D eigenvalue weighted by atomic mass is 35.5. The molecule has 0 aliphatic heterocycles. The van der Waals surface area contributed by atoms with Gasteiger partial charge in [0.15, 0.2) is 17.4 Å². The number of hydrogen-bond donors (Lipinski definition) is 1. The summed E-state index contributed by atoms with van der Waals surface area (Å²) in [4.78, 5) is 8.50. The molecule has 0 bridgehead atoms. The Balaban J connectivity index is 2.56. The Bertz CT molecular complexity index is 623. The van der Waals surface area contributed by atoms with Crippen LogP contribution in [0.15, 0.2) is 24.3 Å². The predicted molar refractivity (Wildman–Crippen MR) is 72.8 cm³/mol. The van der Waals surface area contributed by atoms with Crippen molar-refractivity contribution < 1.29 is 9.50 Å².